The van der Waals surface area contributed by atoms with Crippen LogP contribution in [0.5, 0.6) is 5.75 Å². The highest BCUT2D eigenvalue weighted by Gasteiger charge is 2.37. The highest BCUT2D eigenvalue weighted by Crippen LogP contribution is 2.35. The van der Waals surface area contributed by atoms with E-state index in [1.165, 1.54) is 0 Å². The van der Waals surface area contributed by atoms with Crippen molar-refractivity contribution in [1.29, 1.82) is 0 Å². The first-order valence-electron chi connectivity index (χ1n) is 12.6. The first-order chi connectivity index (χ1) is 17.5. The largest absolute Gasteiger partial charge is 0.489 e. The summed E-state index contributed by atoms with van der Waals surface area (Å²) in [4.78, 5) is 16.2. The van der Waals surface area contributed by atoms with Gasteiger partial charge in [0, 0.05) is 49.9 Å². The standard InChI is InChI=1S/C27H29N5O3S/c1-2-19-16-29-27(30-17-19)31-12-10-21(11-13-31)35-22-3-8-26(28-18-22)32-14-9-20-15-24(6-7-25(20)32)36(33,34)23-4-5-23/h3,6-9,14-18,21,23H,2,4-5,10-13H2,1H3. The lowest BCUT2D eigenvalue weighted by atomic mass is 10.1. The molecule has 0 atom stereocenters. The molecule has 0 spiro atoms. The molecule has 0 bridgehead atoms. The normalized spacial score (nSPS) is 17.0. The Labute approximate surface area is 210 Å². The van der Waals surface area contributed by atoms with Gasteiger partial charge in [-0.3, -0.25) is 0 Å². The van der Waals surface area contributed by atoms with E-state index in [1.54, 1.807) is 18.3 Å². The Hall–Kier alpha value is -3.46. The molecule has 1 aromatic carbocycles. The number of rotatable bonds is 7. The molecule has 1 saturated heterocycles. The smallest absolute Gasteiger partial charge is 0.225 e. The van der Waals surface area contributed by atoms with Gasteiger partial charge in [0.2, 0.25) is 5.95 Å². The summed E-state index contributed by atoms with van der Waals surface area (Å²) in [5.41, 5.74) is 2.07. The van der Waals surface area contributed by atoms with Crippen LogP contribution in [0, 0.1) is 0 Å². The summed E-state index contributed by atoms with van der Waals surface area (Å²) >= 11 is 0. The lowest BCUT2D eigenvalue weighted by molar-refractivity contribution is 0.170. The Balaban J connectivity index is 1.10. The predicted octanol–water partition coefficient (Wildman–Crippen LogP) is 4.36. The minimum atomic E-state index is -3.21. The van der Waals surface area contributed by atoms with Crippen LogP contribution in [0.3, 0.4) is 0 Å². The van der Waals surface area contributed by atoms with Gasteiger partial charge in [-0.05, 0) is 61.2 Å². The molecule has 6 rings (SSSR count). The Morgan fingerprint density at radius 1 is 0.944 bits per heavy atom. The van der Waals surface area contributed by atoms with Crippen LogP contribution in [0.1, 0.15) is 38.2 Å². The van der Waals surface area contributed by atoms with Crippen LogP contribution in [0.2, 0.25) is 0 Å². The van der Waals surface area contributed by atoms with Gasteiger partial charge in [0.25, 0.3) is 0 Å². The quantitative estimate of drug-likeness (QED) is 0.370. The fraction of sp³-hybridized carbons (Fsp3) is 0.370. The van der Waals surface area contributed by atoms with Crippen LogP contribution in [-0.2, 0) is 16.3 Å². The number of ether oxygens (including phenoxy) is 1. The molecular weight excluding hydrogens is 474 g/mol. The summed E-state index contributed by atoms with van der Waals surface area (Å²) < 4.78 is 33.4. The Morgan fingerprint density at radius 3 is 2.39 bits per heavy atom. The van der Waals surface area contributed by atoms with E-state index in [1.807, 2.05) is 47.4 Å². The van der Waals surface area contributed by atoms with Crippen LogP contribution in [-0.4, -0.2) is 52.4 Å². The van der Waals surface area contributed by atoms with Gasteiger partial charge in [0.1, 0.15) is 17.7 Å². The van der Waals surface area contributed by atoms with Crippen molar-refractivity contribution in [3.05, 3.63) is 66.7 Å². The third kappa shape index (κ3) is 4.43. The van der Waals surface area contributed by atoms with Gasteiger partial charge in [-0.1, -0.05) is 6.92 Å². The first kappa shape index (κ1) is 23.0. The lowest BCUT2D eigenvalue weighted by Gasteiger charge is -2.32. The SMILES string of the molecule is CCc1cnc(N2CCC(Oc3ccc(-n4ccc5cc(S(=O)(=O)C6CC6)ccc54)nc3)CC2)nc1. The first-order valence-corrected chi connectivity index (χ1v) is 14.1. The van der Waals surface area contributed by atoms with Crippen molar-refractivity contribution in [2.75, 3.05) is 18.0 Å². The third-order valence-corrected chi connectivity index (χ3v) is 9.31. The fourth-order valence-corrected chi connectivity index (χ4v) is 6.40. The zero-order chi connectivity index (χ0) is 24.7. The minimum absolute atomic E-state index is 0.128. The average Bonchev–Trinajstić information content (AvgIpc) is 3.70. The van der Waals surface area contributed by atoms with E-state index in [-0.39, 0.29) is 11.4 Å². The summed E-state index contributed by atoms with van der Waals surface area (Å²) in [7, 11) is -3.21. The fourth-order valence-electron chi connectivity index (χ4n) is 4.71. The van der Waals surface area contributed by atoms with Crippen molar-refractivity contribution in [1.82, 2.24) is 19.5 Å². The molecule has 9 heteroatoms. The highest BCUT2D eigenvalue weighted by molar-refractivity contribution is 7.92. The number of aromatic nitrogens is 4. The number of hydrogen-bond donors (Lipinski definition) is 0. The molecular formula is C27H29N5O3S. The van der Waals surface area contributed by atoms with Crippen LogP contribution in [0.4, 0.5) is 5.95 Å². The van der Waals surface area contributed by atoms with Crippen LogP contribution in [0.15, 0.2) is 66.1 Å². The van der Waals surface area contributed by atoms with Gasteiger partial charge in [-0.2, -0.15) is 0 Å². The van der Waals surface area contributed by atoms with E-state index >= 15 is 0 Å². The van der Waals surface area contributed by atoms with Crippen molar-refractivity contribution in [2.24, 2.45) is 0 Å². The van der Waals surface area contributed by atoms with Crippen LogP contribution < -0.4 is 9.64 Å². The van der Waals surface area contributed by atoms with E-state index in [0.717, 1.165) is 79.2 Å². The molecule has 3 aromatic heterocycles. The van der Waals surface area contributed by atoms with Crippen molar-refractivity contribution < 1.29 is 13.2 Å². The molecule has 1 aliphatic carbocycles. The number of fused-ring (bicyclic) bond motifs is 1. The molecule has 4 aromatic rings. The summed E-state index contributed by atoms with van der Waals surface area (Å²) in [5.74, 6) is 2.29. The number of sulfone groups is 1. The number of hydrogen-bond acceptors (Lipinski definition) is 7. The van der Waals surface area contributed by atoms with Crippen molar-refractivity contribution >= 4 is 26.7 Å². The molecule has 1 saturated carbocycles. The number of pyridine rings is 1. The Bertz CT molecular complexity index is 1470. The Kier molecular flexibility index (Phi) is 5.87. The van der Waals surface area contributed by atoms with Gasteiger partial charge in [0.05, 0.1) is 21.9 Å². The van der Waals surface area contributed by atoms with E-state index < -0.39 is 9.84 Å². The molecule has 36 heavy (non-hydrogen) atoms. The number of aryl methyl sites for hydroxylation is 1. The molecule has 0 N–H and O–H groups in total. The lowest BCUT2D eigenvalue weighted by Crippen LogP contribution is -2.39. The topological polar surface area (TPSA) is 90.2 Å². The number of benzene rings is 1. The molecule has 4 heterocycles. The summed E-state index contributed by atoms with van der Waals surface area (Å²) in [6.45, 7) is 3.81. The van der Waals surface area contributed by atoms with Gasteiger partial charge in [-0.25, -0.2) is 23.4 Å². The van der Waals surface area contributed by atoms with Crippen molar-refractivity contribution in [3.63, 3.8) is 0 Å². The van der Waals surface area contributed by atoms with Crippen LogP contribution >= 0.6 is 0 Å². The molecule has 0 radical (unpaired) electrons. The van der Waals surface area contributed by atoms with Crippen molar-refractivity contribution in [2.45, 2.75) is 55.3 Å². The third-order valence-electron chi connectivity index (χ3n) is 7.05. The van der Waals surface area contributed by atoms with Crippen molar-refractivity contribution in [3.8, 4) is 11.6 Å². The van der Waals surface area contributed by atoms with Gasteiger partial charge in [0.15, 0.2) is 9.84 Å². The summed E-state index contributed by atoms with van der Waals surface area (Å²) in [5, 5.41) is 0.679. The predicted molar refractivity (Wildman–Crippen MR) is 139 cm³/mol. The maximum Gasteiger partial charge on any atom is 0.225 e. The second-order valence-electron chi connectivity index (χ2n) is 9.55. The number of anilines is 1. The van der Waals surface area contributed by atoms with Gasteiger partial charge >= 0.3 is 0 Å². The molecule has 0 amide bonds. The molecule has 2 fully saturated rings. The van der Waals surface area contributed by atoms with Gasteiger partial charge in [-0.15, -0.1) is 0 Å². The Morgan fingerprint density at radius 2 is 1.72 bits per heavy atom. The highest BCUT2D eigenvalue weighted by atomic mass is 32.2. The monoisotopic (exact) mass is 503 g/mol. The summed E-state index contributed by atoms with van der Waals surface area (Å²) in [6, 6.07) is 11.2. The maximum atomic E-state index is 12.6. The minimum Gasteiger partial charge on any atom is -0.489 e. The average molecular weight is 504 g/mol. The number of nitrogens with zero attached hydrogens (tertiary/aromatic N) is 5. The molecule has 2 aliphatic rings. The van der Waals surface area contributed by atoms with Crippen LogP contribution in [0.25, 0.3) is 16.7 Å². The van der Waals surface area contributed by atoms with E-state index in [9.17, 15) is 8.42 Å². The molecule has 1 aliphatic heterocycles. The second-order valence-corrected chi connectivity index (χ2v) is 11.8. The zero-order valence-electron chi connectivity index (χ0n) is 20.2. The second kappa shape index (κ2) is 9.20. The van der Waals surface area contributed by atoms with E-state index in [0.29, 0.717) is 4.90 Å². The maximum absolute atomic E-state index is 12.6. The molecule has 8 nitrogen and oxygen atoms in total. The molecule has 0 unspecified atom stereocenters. The molecule has 186 valence electrons. The zero-order valence-corrected chi connectivity index (χ0v) is 21.1. The number of piperidine rings is 1. The summed E-state index contributed by atoms with van der Waals surface area (Å²) in [6.07, 6.45) is 11.9. The van der Waals surface area contributed by atoms with E-state index in [2.05, 4.69) is 26.8 Å². The van der Waals surface area contributed by atoms with E-state index in [4.69, 9.17) is 4.74 Å². The van der Waals surface area contributed by atoms with Gasteiger partial charge < -0.3 is 14.2 Å².